The maximum absolute atomic E-state index is 13.1. The zero-order valence-electron chi connectivity index (χ0n) is 20.5. The van der Waals surface area contributed by atoms with Gasteiger partial charge in [-0.1, -0.05) is 70.0 Å². The van der Waals surface area contributed by atoms with Crippen molar-refractivity contribution in [2.45, 2.75) is 20.5 Å². The lowest BCUT2D eigenvalue weighted by Crippen LogP contribution is -2.20. The lowest BCUT2D eigenvalue weighted by atomic mass is 10.1. The average molecular weight is 656 g/mol. The van der Waals surface area contributed by atoms with Crippen LogP contribution in [-0.4, -0.2) is 22.5 Å². The zero-order valence-corrected chi connectivity index (χ0v) is 24.5. The molecule has 0 bridgehead atoms. The molecule has 1 heterocycles. The van der Waals surface area contributed by atoms with E-state index in [9.17, 15) is 4.79 Å². The van der Waals surface area contributed by atoms with E-state index in [1.54, 1.807) is 31.3 Å². The van der Waals surface area contributed by atoms with Gasteiger partial charge in [-0.05, 0) is 70.4 Å². The summed E-state index contributed by atoms with van der Waals surface area (Å²) in [4.78, 5) is 17.6. The molecule has 192 valence electrons. The molecule has 0 radical (unpaired) electrons. The van der Waals surface area contributed by atoms with Gasteiger partial charge < -0.3 is 9.47 Å². The summed E-state index contributed by atoms with van der Waals surface area (Å²) >= 11 is 13.7. The molecule has 5 aromatic rings. The molecule has 0 amide bonds. The predicted molar refractivity (Wildman–Crippen MR) is 160 cm³/mol. The summed E-state index contributed by atoms with van der Waals surface area (Å²) in [5, 5.41) is 7.50. The quantitative estimate of drug-likeness (QED) is 0.167. The highest BCUT2D eigenvalue weighted by molar-refractivity contribution is 9.10. The van der Waals surface area contributed by atoms with Crippen LogP contribution in [0, 0.1) is 6.92 Å². The van der Waals surface area contributed by atoms with Crippen LogP contribution in [-0.2, 0) is 6.61 Å². The minimum atomic E-state index is -0.271. The number of nitrogens with zero attached hydrogens (tertiary/aromatic N) is 3. The van der Waals surface area contributed by atoms with Crippen molar-refractivity contribution in [3.05, 3.63) is 108 Å². The summed E-state index contributed by atoms with van der Waals surface area (Å²) in [6.07, 6.45) is 1.55. The van der Waals surface area contributed by atoms with Crippen molar-refractivity contribution in [1.29, 1.82) is 0 Å². The van der Waals surface area contributed by atoms with Gasteiger partial charge in [0.2, 0.25) is 0 Å². The first-order valence-electron chi connectivity index (χ1n) is 11.8. The van der Waals surface area contributed by atoms with E-state index in [4.69, 9.17) is 21.1 Å². The van der Waals surface area contributed by atoms with E-state index in [0.717, 1.165) is 20.8 Å². The monoisotopic (exact) mass is 653 g/mol. The molecule has 0 fully saturated rings. The van der Waals surface area contributed by atoms with Gasteiger partial charge in [0.05, 0.1) is 23.7 Å². The summed E-state index contributed by atoms with van der Waals surface area (Å²) in [5.41, 5.74) is 2.00. The summed E-state index contributed by atoms with van der Waals surface area (Å²) in [6.45, 7) is 4.35. The van der Waals surface area contributed by atoms with Gasteiger partial charge in [-0.2, -0.15) is 9.78 Å². The topological polar surface area (TPSA) is 65.7 Å². The molecule has 38 heavy (non-hydrogen) atoms. The number of hydrogen-bond acceptors (Lipinski definition) is 5. The van der Waals surface area contributed by atoms with Crippen molar-refractivity contribution in [3.8, 4) is 11.5 Å². The van der Waals surface area contributed by atoms with E-state index in [-0.39, 0.29) is 5.56 Å². The molecule has 0 spiro atoms. The second-order valence-electron chi connectivity index (χ2n) is 8.46. The van der Waals surface area contributed by atoms with Crippen LogP contribution in [0.25, 0.3) is 21.7 Å². The molecular formula is C29H22Br2ClN3O3. The van der Waals surface area contributed by atoms with Gasteiger partial charge in [0.25, 0.3) is 5.56 Å². The van der Waals surface area contributed by atoms with Gasteiger partial charge >= 0.3 is 0 Å². The van der Waals surface area contributed by atoms with Crippen LogP contribution >= 0.6 is 43.5 Å². The van der Waals surface area contributed by atoms with Gasteiger partial charge in [0, 0.05) is 14.5 Å². The Bertz CT molecular complexity index is 1760. The zero-order chi connectivity index (χ0) is 26.8. The van der Waals surface area contributed by atoms with Crippen molar-refractivity contribution in [1.82, 2.24) is 9.66 Å². The van der Waals surface area contributed by atoms with E-state index < -0.39 is 0 Å². The molecule has 0 aliphatic rings. The fraction of sp³-hybridized carbons (Fsp3) is 0.138. The van der Waals surface area contributed by atoms with Crippen LogP contribution in [0.5, 0.6) is 11.5 Å². The summed E-state index contributed by atoms with van der Waals surface area (Å²) < 4.78 is 14.7. The minimum absolute atomic E-state index is 0.271. The molecule has 0 aliphatic carbocycles. The third-order valence-electron chi connectivity index (χ3n) is 5.99. The van der Waals surface area contributed by atoms with Gasteiger partial charge in [-0.15, -0.1) is 0 Å². The molecule has 6 nitrogen and oxygen atoms in total. The van der Waals surface area contributed by atoms with Crippen molar-refractivity contribution in [3.63, 3.8) is 0 Å². The highest BCUT2D eigenvalue weighted by Gasteiger charge is 2.18. The number of hydrogen-bond donors (Lipinski definition) is 0. The van der Waals surface area contributed by atoms with Crippen LogP contribution in [0.2, 0.25) is 5.02 Å². The van der Waals surface area contributed by atoms with Gasteiger partial charge in [0.1, 0.15) is 17.5 Å². The Balaban J connectivity index is 1.50. The third-order valence-corrected chi connectivity index (χ3v) is 7.93. The molecule has 1 aromatic heterocycles. The highest BCUT2D eigenvalue weighted by Crippen LogP contribution is 2.43. The Morgan fingerprint density at radius 2 is 1.82 bits per heavy atom. The van der Waals surface area contributed by atoms with E-state index in [1.807, 2.05) is 37.3 Å². The highest BCUT2D eigenvalue weighted by atomic mass is 79.9. The number of benzene rings is 4. The molecule has 0 aliphatic heterocycles. The second-order valence-corrected chi connectivity index (χ2v) is 10.5. The Morgan fingerprint density at radius 3 is 2.63 bits per heavy atom. The van der Waals surface area contributed by atoms with Gasteiger partial charge in [-0.25, -0.2) is 4.98 Å². The molecule has 0 saturated carbocycles. The minimum Gasteiger partial charge on any atom is -0.490 e. The van der Waals surface area contributed by atoms with Crippen LogP contribution < -0.4 is 15.0 Å². The SMILES string of the molecule is CCOc1cc(C=Nn2c(C)nc3ccc(Br)cc3c2=O)c(Br)c(Cl)c1OCc1cccc2ccccc12. The Labute approximate surface area is 241 Å². The Morgan fingerprint density at radius 1 is 1.03 bits per heavy atom. The predicted octanol–water partition coefficient (Wildman–Crippen LogP) is 7.90. The fourth-order valence-corrected chi connectivity index (χ4v) is 5.19. The molecule has 5 rings (SSSR count). The van der Waals surface area contributed by atoms with Gasteiger partial charge in [-0.3, -0.25) is 4.79 Å². The maximum atomic E-state index is 13.1. The van der Waals surface area contributed by atoms with E-state index in [1.165, 1.54) is 4.68 Å². The second kappa shape index (κ2) is 11.3. The van der Waals surface area contributed by atoms with E-state index in [0.29, 0.717) is 56.5 Å². The molecule has 0 saturated heterocycles. The van der Waals surface area contributed by atoms with Crippen LogP contribution in [0.4, 0.5) is 0 Å². The normalized spacial score (nSPS) is 11.5. The van der Waals surface area contributed by atoms with Gasteiger partial charge in [0.15, 0.2) is 11.5 Å². The van der Waals surface area contributed by atoms with Crippen LogP contribution in [0.15, 0.2) is 85.6 Å². The maximum Gasteiger partial charge on any atom is 0.282 e. The summed E-state index contributed by atoms with van der Waals surface area (Å²) in [6, 6.07) is 21.4. The first-order valence-corrected chi connectivity index (χ1v) is 13.8. The Kier molecular flexibility index (Phi) is 7.83. The van der Waals surface area contributed by atoms with Crippen molar-refractivity contribution in [2.24, 2.45) is 5.10 Å². The van der Waals surface area contributed by atoms with Crippen LogP contribution in [0.1, 0.15) is 23.9 Å². The third kappa shape index (κ3) is 5.21. The summed E-state index contributed by atoms with van der Waals surface area (Å²) in [5.74, 6) is 1.37. The first-order chi connectivity index (χ1) is 18.4. The molecule has 0 atom stereocenters. The standard InChI is InChI=1S/C29H22Br2ClN3O3/c1-3-37-25-13-20(15-33-35-17(2)34-24-12-11-21(30)14-23(24)29(35)36)26(31)27(32)28(25)38-16-19-9-6-8-18-7-4-5-10-22(18)19/h4-15H,3,16H2,1-2H3. The molecule has 9 heteroatoms. The Hall–Kier alpha value is -3.20. The number of ether oxygens (including phenoxy) is 2. The molecule has 0 N–H and O–H groups in total. The fourth-order valence-electron chi connectivity index (χ4n) is 4.18. The van der Waals surface area contributed by atoms with Crippen molar-refractivity contribution < 1.29 is 9.47 Å². The number of rotatable bonds is 7. The van der Waals surface area contributed by atoms with Crippen LogP contribution in [0.3, 0.4) is 0 Å². The smallest absolute Gasteiger partial charge is 0.282 e. The number of fused-ring (bicyclic) bond motifs is 2. The van der Waals surface area contributed by atoms with Crippen molar-refractivity contribution >= 4 is 71.4 Å². The van der Waals surface area contributed by atoms with Crippen molar-refractivity contribution in [2.75, 3.05) is 6.61 Å². The van der Waals surface area contributed by atoms with E-state index >= 15 is 0 Å². The number of aryl methyl sites for hydroxylation is 1. The largest absolute Gasteiger partial charge is 0.490 e. The molecule has 4 aromatic carbocycles. The lowest BCUT2D eigenvalue weighted by molar-refractivity contribution is 0.270. The summed E-state index contributed by atoms with van der Waals surface area (Å²) in [7, 11) is 0. The lowest BCUT2D eigenvalue weighted by Gasteiger charge is -2.17. The van der Waals surface area contributed by atoms with E-state index in [2.05, 4.69) is 60.1 Å². The number of halogens is 3. The number of aromatic nitrogens is 2. The first kappa shape index (κ1) is 26.4. The molecule has 0 unspecified atom stereocenters. The average Bonchev–Trinajstić information content (AvgIpc) is 2.91. The molecular weight excluding hydrogens is 634 g/mol.